The quantitative estimate of drug-likeness (QED) is 0.102. The highest BCUT2D eigenvalue weighted by atomic mass is 16.6. The predicted molar refractivity (Wildman–Crippen MR) is 211 cm³/mol. The third-order valence-corrected chi connectivity index (χ3v) is 11.4. The number of nitrogens with one attached hydrogen (secondary N) is 2. The number of aliphatic hydroxyl groups is 2. The highest BCUT2D eigenvalue weighted by molar-refractivity contribution is 5.90. The van der Waals surface area contributed by atoms with Gasteiger partial charge in [-0.15, -0.1) is 0 Å². The van der Waals surface area contributed by atoms with Crippen LogP contribution in [0.5, 0.6) is 11.5 Å². The number of likely N-dealkylation sites (tertiary alicyclic amines) is 1. The topological polar surface area (TPSA) is 259 Å². The smallest absolute Gasteiger partial charge is 0.326 e. The molecule has 60 heavy (non-hydrogen) atoms. The maximum Gasteiger partial charge on any atom is 0.326 e. The van der Waals surface area contributed by atoms with Crippen molar-refractivity contribution in [2.45, 2.75) is 87.3 Å². The van der Waals surface area contributed by atoms with Gasteiger partial charge in [-0.3, -0.25) is 24.1 Å². The molecule has 7 atom stereocenters. The fourth-order valence-electron chi connectivity index (χ4n) is 8.21. The molecule has 0 spiro atoms. The number of esters is 2. The lowest BCUT2D eigenvalue weighted by Gasteiger charge is -2.60. The van der Waals surface area contributed by atoms with Gasteiger partial charge in [0.15, 0.2) is 23.7 Å². The van der Waals surface area contributed by atoms with Crippen LogP contribution in [-0.4, -0.2) is 111 Å². The fourth-order valence-corrected chi connectivity index (χ4v) is 8.21. The van der Waals surface area contributed by atoms with Crippen LogP contribution in [0.4, 0.5) is 0 Å². The summed E-state index contributed by atoms with van der Waals surface area (Å²) in [6.07, 6.45) is -3.70. The number of methoxy groups -OCH3 is 1. The Morgan fingerprint density at radius 1 is 0.817 bits per heavy atom. The van der Waals surface area contributed by atoms with Gasteiger partial charge in [-0.2, -0.15) is 0 Å². The van der Waals surface area contributed by atoms with Crippen molar-refractivity contribution >= 4 is 35.7 Å². The van der Waals surface area contributed by atoms with E-state index in [0.717, 1.165) is 0 Å². The molecule has 1 saturated heterocycles. The second-order valence-corrected chi connectivity index (χ2v) is 15.0. The van der Waals surface area contributed by atoms with Crippen molar-refractivity contribution in [3.63, 3.8) is 0 Å². The molecule has 0 aromatic heterocycles. The van der Waals surface area contributed by atoms with Gasteiger partial charge in [0.05, 0.1) is 20.0 Å². The third-order valence-electron chi connectivity index (χ3n) is 11.4. The fraction of sp³-hybridized carbons (Fsp3) is 0.395. The standard InChI is InChI=1S/C43H49N3O14/c1-24-15-16-31(47)37(58-4)34(24)42-19-20-46(3)25(2)43(42,60-33(49)22-30(41(56)57)45-39(53)36(51)27-13-9-6-10-14-27)18-17-28(23-42)59-32(48)21-29(40(54)55)44-38(52)35(50)26-11-7-5-8-12-26/h5-17,25,29-30,35-36,47,50-51H,18-23H2,1-4H3,(H,44,52)(H,45,53)(H,54,55)(H,56,57)/t25-,29+,30+,35+,36+,42-,43-/m1/s1. The number of hydrogen-bond acceptors (Lipinski definition) is 13. The number of fused-ring (bicyclic) bond motifs is 1. The molecule has 7 N–H and O–H groups in total. The van der Waals surface area contributed by atoms with Crippen molar-refractivity contribution in [1.82, 2.24) is 15.5 Å². The highest BCUT2D eigenvalue weighted by Gasteiger charge is 2.64. The number of likely N-dealkylation sites (N-methyl/N-ethyl adjacent to an activating group) is 1. The molecule has 0 unspecified atom stereocenters. The minimum atomic E-state index is -1.81. The van der Waals surface area contributed by atoms with Gasteiger partial charge in [-0.25, -0.2) is 9.59 Å². The van der Waals surface area contributed by atoms with Crippen molar-refractivity contribution in [2.75, 3.05) is 20.7 Å². The normalized spacial score (nSPS) is 22.0. The van der Waals surface area contributed by atoms with Crippen LogP contribution in [0.1, 0.15) is 73.5 Å². The number of benzene rings is 3. The van der Waals surface area contributed by atoms with Crippen LogP contribution < -0.4 is 15.4 Å². The van der Waals surface area contributed by atoms with E-state index in [1.54, 1.807) is 63.4 Å². The lowest BCUT2D eigenvalue weighted by Crippen LogP contribution is -2.69. The van der Waals surface area contributed by atoms with E-state index < -0.39 is 89.9 Å². The average molecular weight is 832 g/mol. The van der Waals surface area contributed by atoms with Crippen LogP contribution in [0.2, 0.25) is 0 Å². The van der Waals surface area contributed by atoms with E-state index >= 15 is 0 Å². The molecule has 3 aromatic rings. The Balaban J connectivity index is 1.47. The maximum atomic E-state index is 14.1. The van der Waals surface area contributed by atoms with Crippen LogP contribution in [0, 0.1) is 6.92 Å². The number of ether oxygens (including phenoxy) is 3. The number of piperidine rings is 1. The van der Waals surface area contributed by atoms with Gasteiger partial charge >= 0.3 is 23.9 Å². The molecular weight excluding hydrogens is 782 g/mol. The summed E-state index contributed by atoms with van der Waals surface area (Å²) in [6.45, 7) is 3.94. The Morgan fingerprint density at radius 3 is 1.83 bits per heavy atom. The number of aliphatic hydroxyl groups excluding tert-OH is 2. The molecule has 0 radical (unpaired) electrons. The Bertz CT molecular complexity index is 2130. The predicted octanol–water partition coefficient (Wildman–Crippen LogP) is 2.56. The molecule has 1 fully saturated rings. The highest BCUT2D eigenvalue weighted by Crippen LogP contribution is 2.59. The van der Waals surface area contributed by atoms with E-state index in [1.165, 1.54) is 43.5 Å². The number of aromatic hydroxyl groups is 1. The van der Waals surface area contributed by atoms with Crippen molar-refractivity contribution in [3.8, 4) is 11.5 Å². The molecule has 17 heteroatoms. The summed E-state index contributed by atoms with van der Waals surface area (Å²) in [5, 5.41) is 56.5. The first-order chi connectivity index (χ1) is 28.4. The zero-order valence-electron chi connectivity index (χ0n) is 33.5. The van der Waals surface area contributed by atoms with E-state index in [4.69, 9.17) is 14.2 Å². The molecular formula is C43H49N3O14. The molecule has 2 aliphatic rings. The van der Waals surface area contributed by atoms with Crippen molar-refractivity contribution in [2.24, 2.45) is 0 Å². The minimum Gasteiger partial charge on any atom is -0.504 e. The van der Waals surface area contributed by atoms with Crippen LogP contribution in [0.3, 0.4) is 0 Å². The summed E-state index contributed by atoms with van der Waals surface area (Å²) in [6, 6.07) is 14.5. The molecule has 1 aliphatic carbocycles. The molecule has 320 valence electrons. The number of nitrogens with zero attached hydrogens (tertiary/aromatic N) is 1. The summed E-state index contributed by atoms with van der Waals surface area (Å²) >= 11 is 0. The summed E-state index contributed by atoms with van der Waals surface area (Å²) < 4.78 is 18.0. The number of phenols is 1. The van der Waals surface area contributed by atoms with Crippen molar-refractivity contribution in [1.29, 1.82) is 0 Å². The average Bonchev–Trinajstić information content (AvgIpc) is 3.22. The number of aryl methyl sites for hydroxylation is 1. The monoisotopic (exact) mass is 831 g/mol. The maximum absolute atomic E-state index is 14.1. The number of carboxylic acid groups (broad SMARTS) is 2. The lowest BCUT2D eigenvalue weighted by atomic mass is 9.54. The van der Waals surface area contributed by atoms with Crippen molar-refractivity contribution in [3.05, 3.63) is 107 Å². The Morgan fingerprint density at radius 2 is 1.33 bits per heavy atom. The molecule has 3 aromatic carbocycles. The number of carbonyl (C=O) groups is 6. The van der Waals surface area contributed by atoms with Crippen LogP contribution in [0.25, 0.3) is 0 Å². The molecule has 2 amide bonds. The number of carboxylic acids is 2. The molecule has 17 nitrogen and oxygen atoms in total. The summed E-state index contributed by atoms with van der Waals surface area (Å²) in [5.41, 5.74) is -1.49. The lowest BCUT2D eigenvalue weighted by molar-refractivity contribution is -0.195. The Kier molecular flexibility index (Phi) is 14.0. The zero-order chi connectivity index (χ0) is 43.9. The summed E-state index contributed by atoms with van der Waals surface area (Å²) in [7, 11) is 3.15. The van der Waals surface area contributed by atoms with Gasteiger partial charge < -0.3 is 50.4 Å². The molecule has 0 saturated carbocycles. The molecule has 5 rings (SSSR count). The van der Waals surface area contributed by atoms with Crippen LogP contribution in [-0.2, 0) is 43.7 Å². The Labute approximate surface area is 345 Å². The first-order valence-electron chi connectivity index (χ1n) is 19.2. The van der Waals surface area contributed by atoms with Gasteiger partial charge in [0.1, 0.15) is 23.4 Å². The van der Waals surface area contributed by atoms with Gasteiger partial charge in [0.2, 0.25) is 0 Å². The van der Waals surface area contributed by atoms with E-state index in [2.05, 4.69) is 10.6 Å². The van der Waals surface area contributed by atoms with Gasteiger partial charge in [-0.1, -0.05) is 66.7 Å². The number of carbonyl (C=O) groups excluding carboxylic acids is 4. The first-order valence-corrected chi connectivity index (χ1v) is 19.2. The number of phenolic OH excluding ortho intramolecular Hbond substituents is 1. The van der Waals surface area contributed by atoms with Crippen LogP contribution in [0.15, 0.2) is 84.6 Å². The van der Waals surface area contributed by atoms with Gasteiger partial charge in [0, 0.05) is 29.9 Å². The number of amides is 2. The molecule has 1 aliphatic heterocycles. The van der Waals surface area contributed by atoms with Gasteiger partial charge in [0.25, 0.3) is 11.8 Å². The largest absolute Gasteiger partial charge is 0.504 e. The molecule has 1 heterocycles. The Hall–Kier alpha value is -6.30. The first kappa shape index (κ1) is 44.8. The van der Waals surface area contributed by atoms with E-state index in [1.807, 2.05) is 4.90 Å². The summed E-state index contributed by atoms with van der Waals surface area (Å²) in [4.78, 5) is 79.8. The zero-order valence-corrected chi connectivity index (χ0v) is 33.5. The van der Waals surface area contributed by atoms with Crippen molar-refractivity contribution < 1.29 is 68.5 Å². The minimum absolute atomic E-state index is 0.0518. The SMILES string of the molecule is COc1c(O)ccc(C)c1[C@]12CCN(C)[C@H](C)[C@]1(OC(=O)C[C@H](NC(=O)[C@@H](O)c1ccccc1)C(=O)O)CC=C(OC(=O)C[C@H](NC(=O)[C@@H](O)c1ccccc1)C(=O)O)C2. The second kappa shape index (κ2) is 18.7. The number of rotatable bonds is 16. The van der Waals surface area contributed by atoms with Gasteiger partial charge in [-0.05, 0) is 62.7 Å². The second-order valence-electron chi connectivity index (χ2n) is 15.0. The van der Waals surface area contributed by atoms with E-state index in [9.17, 15) is 54.3 Å². The van der Waals surface area contributed by atoms with Crippen LogP contribution >= 0.6 is 0 Å². The van der Waals surface area contributed by atoms with E-state index in [-0.39, 0.29) is 47.6 Å². The number of hydrogen-bond donors (Lipinski definition) is 7. The van der Waals surface area contributed by atoms with E-state index in [0.29, 0.717) is 17.7 Å². The number of allylic oxidation sites excluding steroid dienone is 1. The third kappa shape index (κ3) is 9.28. The number of aliphatic carboxylic acids is 2. The molecule has 0 bridgehead atoms. The summed E-state index contributed by atoms with van der Waals surface area (Å²) in [5.74, 6) is -7.42.